The standard InChI is InChI=1S/C20H20N6O3S/c27-26(28)14-4-1-3-13(9-14)23-19-21-10-12-6-7-16-18(17(12)25-19)30-20(24-16)22-11-15-5-2-8-29-15/h1,3-4,9-10,15H,2,5-8,11H2,(H,22,24)(H,21,23,25). The first kappa shape index (κ1) is 18.9. The number of ether oxygens (including phenoxy) is 1. The van der Waals surface area contributed by atoms with Gasteiger partial charge in [-0.2, -0.15) is 0 Å². The highest BCUT2D eigenvalue weighted by Gasteiger charge is 2.24. The van der Waals surface area contributed by atoms with Gasteiger partial charge in [-0.1, -0.05) is 17.4 Å². The predicted molar refractivity (Wildman–Crippen MR) is 114 cm³/mol. The molecule has 1 unspecified atom stereocenters. The van der Waals surface area contributed by atoms with Crippen molar-refractivity contribution in [3.05, 3.63) is 51.8 Å². The molecule has 5 rings (SSSR count). The molecule has 1 aliphatic heterocycles. The van der Waals surface area contributed by atoms with Gasteiger partial charge in [0.1, 0.15) is 0 Å². The molecule has 10 heteroatoms. The van der Waals surface area contributed by atoms with Gasteiger partial charge in [0.25, 0.3) is 5.69 Å². The van der Waals surface area contributed by atoms with E-state index in [-0.39, 0.29) is 11.8 Å². The molecule has 2 aliphatic rings. The van der Waals surface area contributed by atoms with Crippen molar-refractivity contribution in [2.45, 2.75) is 31.8 Å². The third-order valence-corrected chi connectivity index (χ3v) is 6.29. The molecule has 0 bridgehead atoms. The molecule has 2 N–H and O–H groups in total. The van der Waals surface area contributed by atoms with Gasteiger partial charge < -0.3 is 15.4 Å². The van der Waals surface area contributed by atoms with Gasteiger partial charge in [-0.05, 0) is 37.3 Å². The highest BCUT2D eigenvalue weighted by atomic mass is 32.1. The highest BCUT2D eigenvalue weighted by molar-refractivity contribution is 7.19. The molecule has 30 heavy (non-hydrogen) atoms. The van der Waals surface area contributed by atoms with Crippen molar-refractivity contribution in [2.24, 2.45) is 0 Å². The summed E-state index contributed by atoms with van der Waals surface area (Å²) in [5.41, 5.74) is 3.60. The maximum Gasteiger partial charge on any atom is 0.271 e. The van der Waals surface area contributed by atoms with Gasteiger partial charge in [-0.15, -0.1) is 0 Å². The van der Waals surface area contributed by atoms with Gasteiger partial charge in [0.05, 0.1) is 27.3 Å². The van der Waals surface area contributed by atoms with Crippen LogP contribution in [0.3, 0.4) is 0 Å². The van der Waals surface area contributed by atoms with Crippen LogP contribution in [0.25, 0.3) is 10.6 Å². The number of non-ortho nitro benzene ring substituents is 1. The number of thiazole rings is 1. The van der Waals surface area contributed by atoms with E-state index in [2.05, 4.69) is 15.6 Å². The van der Waals surface area contributed by atoms with E-state index >= 15 is 0 Å². The molecular weight excluding hydrogens is 404 g/mol. The van der Waals surface area contributed by atoms with Crippen LogP contribution in [-0.4, -0.2) is 39.1 Å². The Morgan fingerprint density at radius 1 is 1.30 bits per heavy atom. The second kappa shape index (κ2) is 7.96. The first-order valence-corrected chi connectivity index (χ1v) is 10.7. The number of fused-ring (bicyclic) bond motifs is 3. The molecule has 0 amide bonds. The average molecular weight is 424 g/mol. The maximum atomic E-state index is 11.0. The van der Waals surface area contributed by atoms with Crippen molar-refractivity contribution in [2.75, 3.05) is 23.8 Å². The monoisotopic (exact) mass is 424 g/mol. The van der Waals surface area contributed by atoms with E-state index in [1.165, 1.54) is 12.1 Å². The first-order chi connectivity index (χ1) is 14.7. The predicted octanol–water partition coefficient (Wildman–Crippen LogP) is 3.94. The Morgan fingerprint density at radius 3 is 3.07 bits per heavy atom. The molecule has 1 aromatic carbocycles. The number of hydrogen-bond acceptors (Lipinski definition) is 9. The summed E-state index contributed by atoms with van der Waals surface area (Å²) in [6.45, 7) is 1.61. The van der Waals surface area contributed by atoms with Crippen LogP contribution in [0.4, 0.5) is 22.5 Å². The van der Waals surface area contributed by atoms with Crippen LogP contribution >= 0.6 is 11.3 Å². The Kier molecular flexibility index (Phi) is 5.01. The summed E-state index contributed by atoms with van der Waals surface area (Å²) in [6.07, 6.45) is 5.98. The van der Waals surface area contributed by atoms with Crippen LogP contribution in [0, 0.1) is 10.1 Å². The second-order valence-corrected chi connectivity index (χ2v) is 8.31. The van der Waals surface area contributed by atoms with Gasteiger partial charge in [-0.25, -0.2) is 15.0 Å². The lowest BCUT2D eigenvalue weighted by Gasteiger charge is -2.14. The normalized spacial score (nSPS) is 17.3. The van der Waals surface area contributed by atoms with Crippen molar-refractivity contribution >= 4 is 33.8 Å². The number of rotatable bonds is 6. The zero-order chi connectivity index (χ0) is 20.5. The summed E-state index contributed by atoms with van der Waals surface area (Å²) in [4.78, 5) is 25.5. The van der Waals surface area contributed by atoms with Crippen molar-refractivity contribution < 1.29 is 9.66 Å². The van der Waals surface area contributed by atoms with Crippen LogP contribution in [0.15, 0.2) is 30.5 Å². The quantitative estimate of drug-likeness (QED) is 0.452. The summed E-state index contributed by atoms with van der Waals surface area (Å²) in [6, 6.07) is 6.30. The molecular formula is C20H20N6O3S. The van der Waals surface area contributed by atoms with Gasteiger partial charge in [0, 0.05) is 37.2 Å². The molecule has 1 atom stereocenters. The van der Waals surface area contributed by atoms with Crippen LogP contribution < -0.4 is 10.6 Å². The lowest BCUT2D eigenvalue weighted by molar-refractivity contribution is -0.384. The summed E-state index contributed by atoms with van der Waals surface area (Å²) in [5.74, 6) is 0.407. The number of aryl methyl sites for hydroxylation is 2. The van der Waals surface area contributed by atoms with E-state index in [1.807, 2.05) is 6.20 Å². The Balaban J connectivity index is 1.37. The van der Waals surface area contributed by atoms with E-state index in [0.29, 0.717) is 11.6 Å². The second-order valence-electron chi connectivity index (χ2n) is 7.31. The summed E-state index contributed by atoms with van der Waals surface area (Å²) >= 11 is 1.60. The molecule has 1 fully saturated rings. The zero-order valence-electron chi connectivity index (χ0n) is 16.1. The topological polar surface area (TPSA) is 115 Å². The Morgan fingerprint density at radius 2 is 2.23 bits per heavy atom. The molecule has 1 saturated heterocycles. The molecule has 0 spiro atoms. The minimum Gasteiger partial charge on any atom is -0.376 e. The Hall–Kier alpha value is -3.11. The summed E-state index contributed by atoms with van der Waals surface area (Å²) < 4.78 is 5.67. The number of aromatic nitrogens is 3. The van der Waals surface area contributed by atoms with E-state index < -0.39 is 4.92 Å². The van der Waals surface area contributed by atoms with E-state index in [9.17, 15) is 10.1 Å². The number of nitro groups is 1. The van der Waals surface area contributed by atoms with Crippen LogP contribution in [0.5, 0.6) is 0 Å². The average Bonchev–Trinajstić information content (AvgIpc) is 3.42. The fraction of sp³-hybridized carbons (Fsp3) is 0.350. The molecule has 154 valence electrons. The number of nitrogens with zero attached hydrogens (tertiary/aromatic N) is 4. The molecule has 1 aliphatic carbocycles. The number of nitrogens with one attached hydrogen (secondary N) is 2. The number of benzene rings is 1. The largest absolute Gasteiger partial charge is 0.376 e. The minimum atomic E-state index is -0.423. The zero-order valence-corrected chi connectivity index (χ0v) is 16.9. The van der Waals surface area contributed by atoms with Gasteiger partial charge in [0.15, 0.2) is 5.13 Å². The van der Waals surface area contributed by atoms with E-state index in [1.54, 1.807) is 23.5 Å². The van der Waals surface area contributed by atoms with Gasteiger partial charge in [-0.3, -0.25) is 10.1 Å². The lowest BCUT2D eigenvalue weighted by Crippen LogP contribution is -2.18. The van der Waals surface area contributed by atoms with Gasteiger partial charge >= 0.3 is 0 Å². The summed E-state index contributed by atoms with van der Waals surface area (Å²) in [7, 11) is 0. The van der Waals surface area contributed by atoms with Crippen LogP contribution in [0.1, 0.15) is 24.1 Å². The Labute approximate surface area is 176 Å². The molecule has 3 heterocycles. The first-order valence-electron chi connectivity index (χ1n) is 9.88. The van der Waals surface area contributed by atoms with Crippen LogP contribution in [-0.2, 0) is 17.6 Å². The highest BCUT2D eigenvalue weighted by Crippen LogP contribution is 2.39. The smallest absolute Gasteiger partial charge is 0.271 e. The number of anilines is 3. The fourth-order valence-corrected chi connectivity index (χ4v) is 4.76. The van der Waals surface area contributed by atoms with Crippen molar-refractivity contribution in [1.82, 2.24) is 15.0 Å². The van der Waals surface area contributed by atoms with E-state index in [0.717, 1.165) is 65.8 Å². The molecule has 9 nitrogen and oxygen atoms in total. The lowest BCUT2D eigenvalue weighted by atomic mass is 10.00. The maximum absolute atomic E-state index is 11.0. The van der Waals surface area contributed by atoms with E-state index in [4.69, 9.17) is 14.7 Å². The molecule has 3 aromatic rings. The number of hydrogen-bond donors (Lipinski definition) is 2. The number of nitro benzene ring substituents is 1. The van der Waals surface area contributed by atoms with Crippen molar-refractivity contribution in [3.8, 4) is 10.6 Å². The third-order valence-electron chi connectivity index (χ3n) is 5.23. The molecule has 2 aromatic heterocycles. The third kappa shape index (κ3) is 3.83. The van der Waals surface area contributed by atoms with Crippen LogP contribution in [0.2, 0.25) is 0 Å². The SMILES string of the molecule is O=[N+]([O-])c1cccc(Nc2ncc3c(n2)-c2sc(NCC4CCCO4)nc2CC3)c1. The molecule has 0 saturated carbocycles. The van der Waals surface area contributed by atoms with Crippen molar-refractivity contribution in [3.63, 3.8) is 0 Å². The van der Waals surface area contributed by atoms with Crippen molar-refractivity contribution in [1.29, 1.82) is 0 Å². The fourth-order valence-electron chi connectivity index (χ4n) is 3.71. The summed E-state index contributed by atoms with van der Waals surface area (Å²) in [5, 5.41) is 18.4. The Bertz CT molecular complexity index is 1100. The molecule has 0 radical (unpaired) electrons. The minimum absolute atomic E-state index is 0.0182. The van der Waals surface area contributed by atoms with Gasteiger partial charge in [0.2, 0.25) is 5.95 Å².